The van der Waals surface area contributed by atoms with E-state index in [9.17, 15) is 9.50 Å². The molecule has 0 saturated heterocycles. The van der Waals surface area contributed by atoms with Gasteiger partial charge in [0.25, 0.3) is 0 Å². The van der Waals surface area contributed by atoms with Crippen LogP contribution in [0.1, 0.15) is 24.8 Å². The van der Waals surface area contributed by atoms with Crippen LogP contribution in [0.5, 0.6) is 5.75 Å². The van der Waals surface area contributed by atoms with Gasteiger partial charge in [0.05, 0.1) is 0 Å². The fourth-order valence-electron chi connectivity index (χ4n) is 1.54. The maximum absolute atomic E-state index is 12.6. The first-order valence-electron chi connectivity index (χ1n) is 4.85. The summed E-state index contributed by atoms with van der Waals surface area (Å²) in [5, 5.41) is 9.43. The lowest BCUT2D eigenvalue weighted by atomic mass is 10.0. The summed E-state index contributed by atoms with van der Waals surface area (Å²) in [6, 6.07) is 4.13. The van der Waals surface area contributed by atoms with E-state index in [2.05, 4.69) is 0 Å². The third kappa shape index (κ3) is 2.04. The van der Waals surface area contributed by atoms with Gasteiger partial charge in [0, 0.05) is 11.6 Å². The molecule has 0 atom stereocenters. The second kappa shape index (κ2) is 3.24. The van der Waals surface area contributed by atoms with Crippen molar-refractivity contribution < 1.29 is 9.50 Å². The first-order valence-corrected chi connectivity index (χ1v) is 4.85. The Morgan fingerprint density at radius 2 is 2.14 bits per heavy atom. The van der Waals surface area contributed by atoms with E-state index in [0.717, 1.165) is 37.3 Å². The Hall–Kier alpha value is -1.09. The molecule has 0 radical (unpaired) electrons. The van der Waals surface area contributed by atoms with Crippen LogP contribution in [0, 0.1) is 5.82 Å². The Morgan fingerprint density at radius 3 is 2.71 bits per heavy atom. The van der Waals surface area contributed by atoms with Gasteiger partial charge in [-0.25, -0.2) is 4.39 Å². The molecule has 76 valence electrons. The maximum atomic E-state index is 12.6. The van der Waals surface area contributed by atoms with Crippen molar-refractivity contribution in [1.29, 1.82) is 0 Å². The molecular formula is C11H14FNO. The van der Waals surface area contributed by atoms with E-state index >= 15 is 0 Å². The maximum Gasteiger partial charge on any atom is 0.126 e. The Labute approximate surface area is 82.5 Å². The number of hydrogen-bond donors (Lipinski definition) is 2. The van der Waals surface area contributed by atoms with E-state index in [1.165, 1.54) is 6.07 Å². The largest absolute Gasteiger partial charge is 0.508 e. The van der Waals surface area contributed by atoms with E-state index in [0.29, 0.717) is 0 Å². The van der Waals surface area contributed by atoms with Crippen LogP contribution in [0.25, 0.3) is 0 Å². The number of rotatable bonds is 3. The van der Waals surface area contributed by atoms with Crippen molar-refractivity contribution in [3.63, 3.8) is 0 Å². The molecular weight excluding hydrogens is 181 g/mol. The fourth-order valence-corrected chi connectivity index (χ4v) is 1.54. The molecule has 0 heterocycles. The van der Waals surface area contributed by atoms with Crippen LogP contribution >= 0.6 is 0 Å². The summed E-state index contributed by atoms with van der Waals surface area (Å²) in [6.07, 6.45) is 3.72. The molecule has 1 aromatic rings. The summed E-state index contributed by atoms with van der Waals surface area (Å²) >= 11 is 0. The van der Waals surface area contributed by atoms with Crippen LogP contribution in [0.3, 0.4) is 0 Å². The van der Waals surface area contributed by atoms with Crippen LogP contribution in [0.4, 0.5) is 4.39 Å². The van der Waals surface area contributed by atoms with Crippen LogP contribution in [0.15, 0.2) is 18.2 Å². The van der Waals surface area contributed by atoms with Gasteiger partial charge < -0.3 is 10.8 Å². The highest BCUT2D eigenvalue weighted by Gasteiger charge is 2.37. The van der Waals surface area contributed by atoms with Gasteiger partial charge in [-0.3, -0.25) is 0 Å². The third-order valence-corrected chi connectivity index (χ3v) is 2.83. The molecule has 14 heavy (non-hydrogen) atoms. The Bertz CT molecular complexity index is 347. The molecule has 3 N–H and O–H groups in total. The van der Waals surface area contributed by atoms with Crippen molar-refractivity contribution >= 4 is 0 Å². The van der Waals surface area contributed by atoms with Gasteiger partial charge in [-0.2, -0.15) is 0 Å². The zero-order valence-corrected chi connectivity index (χ0v) is 7.96. The van der Waals surface area contributed by atoms with E-state index < -0.39 is 5.82 Å². The summed E-state index contributed by atoms with van der Waals surface area (Å²) in [4.78, 5) is 0. The van der Waals surface area contributed by atoms with Crippen LogP contribution in [-0.2, 0) is 6.42 Å². The van der Waals surface area contributed by atoms with Crippen molar-refractivity contribution in [3.8, 4) is 5.75 Å². The number of phenolic OH excluding ortho intramolecular Hbond substituents is 1. The van der Waals surface area contributed by atoms with Gasteiger partial charge >= 0.3 is 0 Å². The van der Waals surface area contributed by atoms with Crippen molar-refractivity contribution in [3.05, 3.63) is 29.6 Å². The molecule has 0 bridgehead atoms. The van der Waals surface area contributed by atoms with Gasteiger partial charge in [-0.05, 0) is 37.3 Å². The van der Waals surface area contributed by atoms with Crippen LogP contribution in [0.2, 0.25) is 0 Å². The first kappa shape index (κ1) is 9.46. The van der Waals surface area contributed by atoms with Gasteiger partial charge in [0.15, 0.2) is 0 Å². The molecule has 0 aromatic heterocycles. The third-order valence-electron chi connectivity index (χ3n) is 2.83. The lowest BCUT2D eigenvalue weighted by molar-refractivity contribution is 0.458. The average Bonchev–Trinajstić information content (AvgIpc) is 2.83. The van der Waals surface area contributed by atoms with E-state index in [4.69, 9.17) is 5.73 Å². The molecule has 2 rings (SSSR count). The second-order valence-electron chi connectivity index (χ2n) is 4.14. The highest BCUT2D eigenvalue weighted by atomic mass is 19.1. The molecule has 0 aliphatic heterocycles. The average molecular weight is 195 g/mol. The lowest BCUT2D eigenvalue weighted by Crippen LogP contribution is -2.22. The van der Waals surface area contributed by atoms with Crippen molar-refractivity contribution in [1.82, 2.24) is 0 Å². The second-order valence-corrected chi connectivity index (χ2v) is 4.14. The molecule has 0 spiro atoms. The van der Waals surface area contributed by atoms with Gasteiger partial charge in [0.1, 0.15) is 11.6 Å². The minimum Gasteiger partial charge on any atom is -0.508 e. The predicted molar refractivity (Wildman–Crippen MR) is 52.5 cm³/mol. The normalized spacial score (nSPS) is 18.1. The molecule has 3 heteroatoms. The number of hydrogen-bond acceptors (Lipinski definition) is 2. The molecule has 1 fully saturated rings. The van der Waals surface area contributed by atoms with Gasteiger partial charge in [-0.1, -0.05) is 6.07 Å². The first-order chi connectivity index (χ1) is 6.59. The molecule has 1 aromatic carbocycles. The summed E-state index contributed by atoms with van der Waals surface area (Å²) in [5.74, 6) is -0.366. The summed E-state index contributed by atoms with van der Waals surface area (Å²) in [5.41, 5.74) is 6.69. The van der Waals surface area contributed by atoms with Crippen LogP contribution in [-0.4, -0.2) is 10.6 Å². The number of phenols is 1. The van der Waals surface area contributed by atoms with Gasteiger partial charge in [0.2, 0.25) is 0 Å². The number of halogens is 1. The number of nitrogens with two attached hydrogens (primary N) is 1. The Morgan fingerprint density at radius 1 is 1.43 bits per heavy atom. The van der Waals surface area contributed by atoms with Crippen molar-refractivity contribution in [2.45, 2.75) is 31.2 Å². The standard InChI is InChI=1S/C11H14FNO/c12-9-2-1-8(10(14)7-9)3-4-11(13)5-6-11/h1-2,7,14H,3-6,13H2. The number of benzene rings is 1. The Balaban J connectivity index is 2.02. The molecule has 0 unspecified atom stereocenters. The number of aromatic hydroxyl groups is 1. The molecule has 1 aliphatic rings. The smallest absolute Gasteiger partial charge is 0.126 e. The number of aryl methyl sites for hydroxylation is 1. The van der Waals surface area contributed by atoms with E-state index in [1.54, 1.807) is 6.07 Å². The van der Waals surface area contributed by atoms with Crippen molar-refractivity contribution in [2.75, 3.05) is 0 Å². The fraction of sp³-hybridized carbons (Fsp3) is 0.455. The molecule has 2 nitrogen and oxygen atoms in total. The molecule has 0 amide bonds. The molecule has 1 saturated carbocycles. The SMILES string of the molecule is NC1(CCc2ccc(F)cc2O)CC1. The molecule has 1 aliphatic carbocycles. The topological polar surface area (TPSA) is 46.2 Å². The summed E-state index contributed by atoms with van der Waals surface area (Å²) in [6.45, 7) is 0. The summed E-state index contributed by atoms with van der Waals surface area (Å²) < 4.78 is 12.6. The van der Waals surface area contributed by atoms with Crippen LogP contribution < -0.4 is 5.73 Å². The lowest BCUT2D eigenvalue weighted by Gasteiger charge is -2.09. The highest BCUT2D eigenvalue weighted by molar-refractivity contribution is 5.33. The monoisotopic (exact) mass is 195 g/mol. The zero-order chi connectivity index (χ0) is 10.2. The van der Waals surface area contributed by atoms with Crippen molar-refractivity contribution in [2.24, 2.45) is 5.73 Å². The zero-order valence-electron chi connectivity index (χ0n) is 7.96. The summed E-state index contributed by atoms with van der Waals surface area (Å²) in [7, 11) is 0. The minimum absolute atomic E-state index is 0.0131. The minimum atomic E-state index is -0.403. The van der Waals surface area contributed by atoms with E-state index in [1.807, 2.05) is 0 Å². The van der Waals surface area contributed by atoms with E-state index in [-0.39, 0.29) is 11.3 Å². The quantitative estimate of drug-likeness (QED) is 0.774. The Kier molecular flexibility index (Phi) is 2.19. The van der Waals surface area contributed by atoms with Gasteiger partial charge in [-0.15, -0.1) is 0 Å². The predicted octanol–water partition coefficient (Wildman–Crippen LogP) is 1.96. The highest BCUT2D eigenvalue weighted by Crippen LogP contribution is 2.37.